The van der Waals surface area contributed by atoms with E-state index >= 15 is 0 Å². The number of hydrogen-bond acceptors (Lipinski definition) is 4. The normalized spacial score (nSPS) is 12.5. The molecule has 5 heteroatoms. The van der Waals surface area contributed by atoms with Crippen LogP contribution in [0.3, 0.4) is 0 Å². The van der Waals surface area contributed by atoms with Crippen molar-refractivity contribution in [2.45, 2.75) is 51.1 Å². The number of nitrogens with zero attached hydrogens (tertiary/aromatic N) is 2. The van der Waals surface area contributed by atoms with E-state index in [0.717, 1.165) is 34.7 Å². The maximum Gasteiger partial charge on any atom is 0.230 e. The van der Waals surface area contributed by atoms with Crippen molar-refractivity contribution in [3.8, 4) is 0 Å². The number of fused-ring (bicyclic) bond motifs is 1. The Hall–Kier alpha value is -1.62. The number of thioether (sulfide) groups is 1. The molecule has 0 spiro atoms. The second-order valence-electron chi connectivity index (χ2n) is 6.28. The molecule has 0 bridgehead atoms. The van der Waals surface area contributed by atoms with Crippen molar-refractivity contribution in [3.63, 3.8) is 0 Å². The highest BCUT2D eigenvalue weighted by Crippen LogP contribution is 2.23. The van der Waals surface area contributed by atoms with E-state index < -0.39 is 0 Å². The first-order chi connectivity index (χ1) is 11.1. The topological polar surface area (TPSA) is 54.9 Å². The first-order valence-corrected chi connectivity index (χ1v) is 9.16. The maximum absolute atomic E-state index is 12.1. The third kappa shape index (κ3) is 5.82. The molecule has 0 aliphatic carbocycles. The van der Waals surface area contributed by atoms with Crippen molar-refractivity contribution < 1.29 is 4.79 Å². The minimum Gasteiger partial charge on any atom is -0.353 e. The number of aromatic nitrogens is 2. The van der Waals surface area contributed by atoms with Gasteiger partial charge in [-0.05, 0) is 25.3 Å². The van der Waals surface area contributed by atoms with Crippen LogP contribution in [-0.4, -0.2) is 27.7 Å². The van der Waals surface area contributed by atoms with Crippen LogP contribution in [0.1, 0.15) is 40.0 Å². The molecule has 124 valence electrons. The molecule has 4 nitrogen and oxygen atoms in total. The number of amides is 1. The number of para-hydroxylation sites is 1. The zero-order valence-electron chi connectivity index (χ0n) is 14.1. The van der Waals surface area contributed by atoms with Gasteiger partial charge in [0.1, 0.15) is 11.4 Å². The zero-order valence-corrected chi connectivity index (χ0v) is 14.9. The van der Waals surface area contributed by atoms with Crippen molar-refractivity contribution in [3.05, 3.63) is 30.6 Å². The monoisotopic (exact) mass is 331 g/mol. The minimum atomic E-state index is 0.0646. The van der Waals surface area contributed by atoms with Crippen LogP contribution in [0.5, 0.6) is 0 Å². The van der Waals surface area contributed by atoms with E-state index in [-0.39, 0.29) is 11.9 Å². The first kappa shape index (κ1) is 17.7. The Kier molecular flexibility index (Phi) is 6.84. The van der Waals surface area contributed by atoms with Gasteiger partial charge >= 0.3 is 0 Å². The molecule has 0 unspecified atom stereocenters. The van der Waals surface area contributed by atoms with Gasteiger partial charge < -0.3 is 5.32 Å². The van der Waals surface area contributed by atoms with Crippen LogP contribution in [0.4, 0.5) is 0 Å². The van der Waals surface area contributed by atoms with Crippen LogP contribution in [0.2, 0.25) is 0 Å². The molecule has 1 aromatic heterocycles. The zero-order chi connectivity index (χ0) is 16.7. The average molecular weight is 331 g/mol. The van der Waals surface area contributed by atoms with Gasteiger partial charge in [-0.2, -0.15) is 0 Å². The van der Waals surface area contributed by atoms with Crippen molar-refractivity contribution in [1.82, 2.24) is 15.3 Å². The fraction of sp³-hybridized carbons (Fsp3) is 0.500. The van der Waals surface area contributed by atoms with Crippen molar-refractivity contribution in [2.24, 2.45) is 5.92 Å². The van der Waals surface area contributed by atoms with E-state index in [4.69, 9.17) is 0 Å². The van der Waals surface area contributed by atoms with Gasteiger partial charge in [0, 0.05) is 11.4 Å². The molecule has 0 saturated carbocycles. The van der Waals surface area contributed by atoms with E-state index in [9.17, 15) is 4.79 Å². The van der Waals surface area contributed by atoms with Gasteiger partial charge in [0.25, 0.3) is 0 Å². The van der Waals surface area contributed by atoms with Gasteiger partial charge in [-0.15, -0.1) is 0 Å². The van der Waals surface area contributed by atoms with E-state index in [1.54, 1.807) is 6.33 Å². The summed E-state index contributed by atoms with van der Waals surface area (Å²) in [5, 5.41) is 4.93. The standard InChI is InChI=1S/C18H25N3OS/c1-13(2)7-6-8-14(3)21-17(22)11-23-18-15-9-4-5-10-16(15)19-12-20-18/h4-5,9-10,12-14H,6-8,11H2,1-3H3,(H,21,22)/t14-/m0/s1. The Labute approximate surface area is 142 Å². The third-order valence-electron chi connectivity index (χ3n) is 3.67. The van der Waals surface area contributed by atoms with Gasteiger partial charge in [0.15, 0.2) is 0 Å². The quantitative estimate of drug-likeness (QED) is 0.585. The fourth-order valence-corrected chi connectivity index (χ4v) is 3.25. The summed E-state index contributed by atoms with van der Waals surface area (Å²) >= 11 is 1.47. The van der Waals surface area contributed by atoms with Crippen molar-refractivity contribution in [2.75, 3.05) is 5.75 Å². The van der Waals surface area contributed by atoms with Crippen molar-refractivity contribution >= 4 is 28.6 Å². The van der Waals surface area contributed by atoms with Crippen LogP contribution in [0, 0.1) is 5.92 Å². The highest BCUT2D eigenvalue weighted by atomic mass is 32.2. The predicted molar refractivity (Wildman–Crippen MR) is 96.6 cm³/mol. The van der Waals surface area contributed by atoms with Gasteiger partial charge in [0.05, 0.1) is 11.3 Å². The summed E-state index contributed by atoms with van der Waals surface area (Å²) in [5.74, 6) is 1.17. The molecular weight excluding hydrogens is 306 g/mol. The summed E-state index contributed by atoms with van der Waals surface area (Å²) in [6.07, 6.45) is 4.95. The predicted octanol–water partition coefficient (Wildman–Crippen LogP) is 4.05. The van der Waals surface area contributed by atoms with E-state index in [2.05, 4.69) is 36.1 Å². The maximum atomic E-state index is 12.1. The summed E-state index contributed by atoms with van der Waals surface area (Å²) < 4.78 is 0. The molecule has 0 fully saturated rings. The molecule has 23 heavy (non-hydrogen) atoms. The molecule has 1 N–H and O–H groups in total. The summed E-state index contributed by atoms with van der Waals surface area (Å²) in [5.41, 5.74) is 0.910. The molecule has 1 atom stereocenters. The lowest BCUT2D eigenvalue weighted by Gasteiger charge is -2.14. The third-order valence-corrected chi connectivity index (χ3v) is 4.68. The first-order valence-electron chi connectivity index (χ1n) is 8.18. The summed E-state index contributed by atoms with van der Waals surface area (Å²) in [7, 11) is 0. The number of nitrogens with one attached hydrogen (secondary N) is 1. The molecule has 0 saturated heterocycles. The molecule has 2 aromatic rings. The van der Waals surface area contributed by atoms with Gasteiger partial charge in [-0.3, -0.25) is 4.79 Å². The Bertz CT molecular complexity index is 640. The van der Waals surface area contributed by atoms with Gasteiger partial charge in [0.2, 0.25) is 5.91 Å². The number of rotatable bonds is 8. The summed E-state index contributed by atoms with van der Waals surface area (Å²) in [4.78, 5) is 20.6. The molecule has 1 amide bonds. The summed E-state index contributed by atoms with van der Waals surface area (Å²) in [6, 6.07) is 8.09. The lowest BCUT2D eigenvalue weighted by Crippen LogP contribution is -2.33. The SMILES string of the molecule is CC(C)CCC[C@H](C)NC(=O)CSc1ncnc2ccccc12. The summed E-state index contributed by atoms with van der Waals surface area (Å²) in [6.45, 7) is 6.53. The molecule has 0 radical (unpaired) electrons. The Morgan fingerprint density at radius 3 is 2.74 bits per heavy atom. The van der Waals surface area contributed by atoms with Gasteiger partial charge in [-0.1, -0.05) is 56.7 Å². The van der Waals surface area contributed by atoms with Crippen LogP contribution in [0.15, 0.2) is 35.6 Å². The molecule has 0 aliphatic rings. The Morgan fingerprint density at radius 1 is 1.17 bits per heavy atom. The lowest BCUT2D eigenvalue weighted by atomic mass is 10.0. The fourth-order valence-electron chi connectivity index (χ4n) is 2.45. The number of hydrogen-bond donors (Lipinski definition) is 1. The lowest BCUT2D eigenvalue weighted by molar-refractivity contribution is -0.119. The second-order valence-corrected chi connectivity index (χ2v) is 7.24. The highest BCUT2D eigenvalue weighted by molar-refractivity contribution is 8.00. The largest absolute Gasteiger partial charge is 0.353 e. The number of carbonyl (C=O) groups excluding carboxylic acids is 1. The van der Waals surface area contributed by atoms with E-state index in [0.29, 0.717) is 5.75 Å². The van der Waals surface area contributed by atoms with Crippen LogP contribution in [0.25, 0.3) is 10.9 Å². The number of benzene rings is 1. The molecular formula is C18H25N3OS. The Balaban J connectivity index is 1.82. The second kappa shape index (κ2) is 8.87. The van der Waals surface area contributed by atoms with Crippen LogP contribution < -0.4 is 5.32 Å². The highest BCUT2D eigenvalue weighted by Gasteiger charge is 2.10. The van der Waals surface area contributed by atoms with Gasteiger partial charge in [-0.25, -0.2) is 9.97 Å². The molecule has 1 aromatic carbocycles. The van der Waals surface area contributed by atoms with Crippen molar-refractivity contribution in [1.29, 1.82) is 0 Å². The van der Waals surface area contributed by atoms with E-state index in [1.807, 2.05) is 24.3 Å². The van der Waals surface area contributed by atoms with E-state index in [1.165, 1.54) is 18.2 Å². The van der Waals surface area contributed by atoms with Crippen LogP contribution >= 0.6 is 11.8 Å². The Morgan fingerprint density at radius 2 is 1.96 bits per heavy atom. The molecule has 2 rings (SSSR count). The smallest absolute Gasteiger partial charge is 0.230 e. The molecule has 0 aliphatic heterocycles. The number of carbonyl (C=O) groups is 1. The minimum absolute atomic E-state index is 0.0646. The molecule has 1 heterocycles. The van der Waals surface area contributed by atoms with Crippen LogP contribution in [-0.2, 0) is 4.79 Å². The average Bonchev–Trinajstić information content (AvgIpc) is 2.52.